The molecule has 1 aromatic rings. The van der Waals surface area contributed by atoms with Crippen LogP contribution in [0.15, 0.2) is 18.2 Å². The number of aliphatic carboxylic acids is 1. The molecule has 22 heavy (non-hydrogen) atoms. The van der Waals surface area contributed by atoms with Crippen LogP contribution in [0.4, 0.5) is 5.69 Å². The van der Waals surface area contributed by atoms with Crippen LogP contribution < -0.4 is 0 Å². The van der Waals surface area contributed by atoms with Gasteiger partial charge >= 0.3 is 5.97 Å². The van der Waals surface area contributed by atoms with Gasteiger partial charge in [-0.3, -0.25) is 19.7 Å². The summed E-state index contributed by atoms with van der Waals surface area (Å²) < 4.78 is 0. The van der Waals surface area contributed by atoms with Crippen molar-refractivity contribution in [1.82, 2.24) is 4.90 Å². The smallest absolute Gasteiger partial charge is 0.308 e. The van der Waals surface area contributed by atoms with Gasteiger partial charge in [0.25, 0.3) is 11.6 Å². The number of likely N-dealkylation sites (tertiary alicyclic amines) is 1. The summed E-state index contributed by atoms with van der Waals surface area (Å²) in [5, 5.41) is 20.0. The van der Waals surface area contributed by atoms with Crippen LogP contribution in [0.1, 0.15) is 35.7 Å². The molecule has 1 saturated heterocycles. The van der Waals surface area contributed by atoms with Gasteiger partial charge < -0.3 is 10.0 Å². The van der Waals surface area contributed by atoms with E-state index in [-0.39, 0.29) is 29.7 Å². The lowest BCUT2D eigenvalue weighted by molar-refractivity contribution is -0.384. The fourth-order valence-electron chi connectivity index (χ4n) is 2.75. The molecule has 2 atom stereocenters. The van der Waals surface area contributed by atoms with Gasteiger partial charge in [-0.25, -0.2) is 0 Å². The molecule has 1 heterocycles. The summed E-state index contributed by atoms with van der Waals surface area (Å²) >= 11 is 0. The minimum Gasteiger partial charge on any atom is -0.481 e. The molecule has 1 N–H and O–H groups in total. The zero-order chi connectivity index (χ0) is 16.4. The van der Waals surface area contributed by atoms with Crippen LogP contribution >= 0.6 is 0 Å². The van der Waals surface area contributed by atoms with E-state index < -0.39 is 16.8 Å². The van der Waals surface area contributed by atoms with Crippen molar-refractivity contribution in [2.45, 2.75) is 32.7 Å². The molecule has 7 heteroatoms. The largest absolute Gasteiger partial charge is 0.481 e. The maximum absolute atomic E-state index is 12.6. The molecule has 2 unspecified atom stereocenters. The van der Waals surface area contributed by atoms with E-state index in [1.165, 1.54) is 17.0 Å². The Bertz CT molecular complexity index is 628. The van der Waals surface area contributed by atoms with E-state index in [1.54, 1.807) is 13.0 Å². The standard InChI is InChI=1S/C15H18N2O5/c1-9-5-12(7-13(6-9)17(21)22)14(18)16-8-11(15(19)20)4-3-10(16)2/h5-7,10-11H,3-4,8H2,1-2H3,(H,19,20). The molecule has 0 radical (unpaired) electrons. The van der Waals surface area contributed by atoms with Gasteiger partial charge in [-0.05, 0) is 38.3 Å². The first kappa shape index (κ1) is 15.9. The number of benzene rings is 1. The van der Waals surface area contributed by atoms with Gasteiger partial charge in [0.15, 0.2) is 0 Å². The first-order valence-electron chi connectivity index (χ1n) is 7.09. The number of hydrogen-bond donors (Lipinski definition) is 1. The highest BCUT2D eigenvalue weighted by molar-refractivity contribution is 5.95. The summed E-state index contributed by atoms with van der Waals surface area (Å²) in [4.78, 5) is 35.6. The zero-order valence-electron chi connectivity index (χ0n) is 12.5. The van der Waals surface area contributed by atoms with Gasteiger partial charge in [-0.2, -0.15) is 0 Å². The van der Waals surface area contributed by atoms with Gasteiger partial charge in [0.05, 0.1) is 10.8 Å². The molecule has 1 amide bonds. The third-order valence-corrected chi connectivity index (χ3v) is 4.01. The molecule has 0 spiro atoms. The molecule has 0 aromatic heterocycles. The number of carbonyl (C=O) groups is 2. The molecule has 0 aliphatic carbocycles. The van der Waals surface area contributed by atoms with E-state index in [2.05, 4.69) is 0 Å². The van der Waals surface area contributed by atoms with Crippen LogP contribution in [0.3, 0.4) is 0 Å². The van der Waals surface area contributed by atoms with E-state index in [0.717, 1.165) is 0 Å². The van der Waals surface area contributed by atoms with Gasteiger partial charge in [0.2, 0.25) is 0 Å². The third-order valence-electron chi connectivity index (χ3n) is 4.01. The van der Waals surface area contributed by atoms with Crippen molar-refractivity contribution in [3.63, 3.8) is 0 Å². The number of carbonyl (C=O) groups excluding carboxylic acids is 1. The average molecular weight is 306 g/mol. The van der Waals surface area contributed by atoms with Crippen LogP contribution in [-0.4, -0.2) is 39.4 Å². The molecule has 0 saturated carbocycles. The van der Waals surface area contributed by atoms with Crippen molar-refractivity contribution in [2.75, 3.05) is 6.54 Å². The van der Waals surface area contributed by atoms with Crippen molar-refractivity contribution in [3.8, 4) is 0 Å². The summed E-state index contributed by atoms with van der Waals surface area (Å²) in [6, 6.07) is 4.15. The molecule has 1 aliphatic heterocycles. The summed E-state index contributed by atoms with van der Waals surface area (Å²) in [5.74, 6) is -1.86. The summed E-state index contributed by atoms with van der Waals surface area (Å²) in [6.45, 7) is 3.68. The molecular weight excluding hydrogens is 288 g/mol. The summed E-state index contributed by atoms with van der Waals surface area (Å²) in [5.41, 5.74) is 0.712. The highest BCUT2D eigenvalue weighted by Crippen LogP contribution is 2.25. The molecule has 7 nitrogen and oxygen atoms in total. The number of hydrogen-bond acceptors (Lipinski definition) is 4. The van der Waals surface area contributed by atoms with Crippen molar-refractivity contribution in [2.24, 2.45) is 5.92 Å². The Labute approximate surface area is 127 Å². The molecule has 1 aromatic carbocycles. The monoisotopic (exact) mass is 306 g/mol. The highest BCUT2D eigenvalue weighted by Gasteiger charge is 2.33. The summed E-state index contributed by atoms with van der Waals surface area (Å²) in [6.07, 6.45) is 1.14. The van der Waals surface area contributed by atoms with Crippen molar-refractivity contribution in [1.29, 1.82) is 0 Å². The fourth-order valence-corrected chi connectivity index (χ4v) is 2.75. The fraction of sp³-hybridized carbons (Fsp3) is 0.467. The predicted octanol–water partition coefficient (Wildman–Crippen LogP) is 2.23. The lowest BCUT2D eigenvalue weighted by Gasteiger charge is -2.36. The maximum Gasteiger partial charge on any atom is 0.308 e. The molecular formula is C15H18N2O5. The Morgan fingerprint density at radius 3 is 2.59 bits per heavy atom. The number of amides is 1. The Kier molecular flexibility index (Phi) is 4.44. The topological polar surface area (TPSA) is 101 Å². The molecule has 1 aliphatic rings. The Balaban J connectivity index is 2.30. The van der Waals surface area contributed by atoms with Crippen molar-refractivity contribution in [3.05, 3.63) is 39.4 Å². The van der Waals surface area contributed by atoms with Gasteiger partial charge in [-0.1, -0.05) is 0 Å². The van der Waals surface area contributed by atoms with Crippen LogP contribution in [0.5, 0.6) is 0 Å². The second kappa shape index (κ2) is 6.13. The van der Waals surface area contributed by atoms with Crippen molar-refractivity contribution >= 4 is 17.6 Å². The number of non-ortho nitro benzene ring substituents is 1. The maximum atomic E-state index is 12.6. The predicted molar refractivity (Wildman–Crippen MR) is 78.7 cm³/mol. The normalized spacial score (nSPS) is 21.5. The number of carboxylic acid groups (broad SMARTS) is 1. The molecule has 2 rings (SSSR count). The second-order valence-electron chi connectivity index (χ2n) is 5.73. The quantitative estimate of drug-likeness (QED) is 0.681. The number of rotatable bonds is 3. The summed E-state index contributed by atoms with van der Waals surface area (Å²) in [7, 11) is 0. The number of nitro benzene ring substituents is 1. The van der Waals surface area contributed by atoms with E-state index in [0.29, 0.717) is 18.4 Å². The second-order valence-corrected chi connectivity index (χ2v) is 5.73. The van der Waals surface area contributed by atoms with E-state index in [4.69, 9.17) is 5.11 Å². The zero-order valence-corrected chi connectivity index (χ0v) is 12.5. The first-order chi connectivity index (χ1) is 10.3. The van der Waals surface area contributed by atoms with E-state index in [1.807, 2.05) is 6.92 Å². The van der Waals surface area contributed by atoms with Crippen LogP contribution in [-0.2, 0) is 4.79 Å². The Morgan fingerprint density at radius 1 is 1.32 bits per heavy atom. The van der Waals surface area contributed by atoms with E-state index >= 15 is 0 Å². The lowest BCUT2D eigenvalue weighted by Crippen LogP contribution is -2.47. The third kappa shape index (κ3) is 3.24. The Morgan fingerprint density at radius 2 is 2.00 bits per heavy atom. The molecule has 118 valence electrons. The first-order valence-corrected chi connectivity index (χ1v) is 7.09. The SMILES string of the molecule is Cc1cc(C(=O)N2CC(C(=O)O)CCC2C)cc([N+](=O)[O-])c1. The highest BCUT2D eigenvalue weighted by atomic mass is 16.6. The Hall–Kier alpha value is -2.44. The van der Waals surface area contributed by atoms with Crippen LogP contribution in [0.25, 0.3) is 0 Å². The molecule has 1 fully saturated rings. The average Bonchev–Trinajstić information content (AvgIpc) is 2.46. The number of carboxylic acids is 1. The number of piperidine rings is 1. The van der Waals surface area contributed by atoms with Crippen molar-refractivity contribution < 1.29 is 19.6 Å². The van der Waals surface area contributed by atoms with E-state index in [9.17, 15) is 19.7 Å². The lowest BCUT2D eigenvalue weighted by atomic mass is 9.92. The number of aryl methyl sites for hydroxylation is 1. The number of nitrogens with zero attached hydrogens (tertiary/aromatic N) is 2. The van der Waals surface area contributed by atoms with Gasteiger partial charge in [-0.15, -0.1) is 0 Å². The minimum absolute atomic E-state index is 0.0809. The van der Waals surface area contributed by atoms with Crippen LogP contribution in [0, 0.1) is 23.0 Å². The number of nitro groups is 1. The minimum atomic E-state index is -0.917. The van der Waals surface area contributed by atoms with Gasteiger partial charge in [0, 0.05) is 30.3 Å². The van der Waals surface area contributed by atoms with Gasteiger partial charge in [0.1, 0.15) is 0 Å². The molecule has 0 bridgehead atoms. The van der Waals surface area contributed by atoms with Crippen LogP contribution in [0.2, 0.25) is 0 Å².